The predicted molar refractivity (Wildman–Crippen MR) is 86.1 cm³/mol. The van der Waals surface area contributed by atoms with Crippen molar-refractivity contribution in [1.82, 2.24) is 0 Å². The molecule has 0 N–H and O–H groups in total. The lowest BCUT2D eigenvalue weighted by Gasteiger charge is -2.38. The van der Waals surface area contributed by atoms with Crippen LogP contribution in [0.3, 0.4) is 0 Å². The smallest absolute Gasteiger partial charge is 0.158 e. The standard InChI is InChI=1S/C19H34O2/c1-6-7-8-9-13(2)20-16-12-14-15-10-11-19(5,17(14)21-16)18(15,3)4/h13-17H,6-12H2,1-5H3/t13-,14+,15-,16+,17+,19+/m1/s1. The molecule has 122 valence electrons. The molecule has 0 amide bonds. The molecule has 0 aromatic carbocycles. The van der Waals surface area contributed by atoms with Crippen LogP contribution in [0.5, 0.6) is 0 Å². The first-order chi connectivity index (χ1) is 9.90. The van der Waals surface area contributed by atoms with Crippen molar-refractivity contribution in [3.8, 4) is 0 Å². The van der Waals surface area contributed by atoms with E-state index in [0.717, 1.165) is 18.3 Å². The highest BCUT2D eigenvalue weighted by molar-refractivity contribution is 5.16. The SMILES string of the molecule is CCCCC[C@@H](C)O[C@@H]1C[C@H]2[C@H]3CC[C@@](C)([C@H]2O1)C3(C)C. The molecule has 3 rings (SSSR count). The zero-order valence-electron chi connectivity index (χ0n) is 14.7. The van der Waals surface area contributed by atoms with Crippen molar-refractivity contribution < 1.29 is 9.47 Å². The fraction of sp³-hybridized carbons (Fsp3) is 1.00. The monoisotopic (exact) mass is 294 g/mol. The molecule has 6 atom stereocenters. The number of hydrogen-bond donors (Lipinski definition) is 0. The summed E-state index contributed by atoms with van der Waals surface area (Å²) in [5.41, 5.74) is 0.811. The maximum absolute atomic E-state index is 6.41. The number of hydrogen-bond acceptors (Lipinski definition) is 2. The van der Waals surface area contributed by atoms with Gasteiger partial charge in [0.1, 0.15) is 0 Å². The minimum Gasteiger partial charge on any atom is -0.350 e. The zero-order valence-corrected chi connectivity index (χ0v) is 14.7. The van der Waals surface area contributed by atoms with E-state index in [1.54, 1.807) is 0 Å². The first-order valence-electron chi connectivity index (χ1n) is 9.21. The third-order valence-electron chi connectivity index (χ3n) is 7.27. The summed E-state index contributed by atoms with van der Waals surface area (Å²) in [6, 6.07) is 0. The third kappa shape index (κ3) is 2.37. The van der Waals surface area contributed by atoms with E-state index in [4.69, 9.17) is 9.47 Å². The highest BCUT2D eigenvalue weighted by atomic mass is 16.7. The second-order valence-electron chi connectivity index (χ2n) is 8.61. The van der Waals surface area contributed by atoms with Crippen LogP contribution in [0.4, 0.5) is 0 Å². The van der Waals surface area contributed by atoms with E-state index in [-0.39, 0.29) is 6.29 Å². The van der Waals surface area contributed by atoms with E-state index in [2.05, 4.69) is 34.6 Å². The lowest BCUT2D eigenvalue weighted by atomic mass is 9.70. The minimum atomic E-state index is 0.0626. The van der Waals surface area contributed by atoms with Gasteiger partial charge in [-0.25, -0.2) is 0 Å². The first-order valence-corrected chi connectivity index (χ1v) is 9.21. The highest BCUT2D eigenvalue weighted by Gasteiger charge is 2.69. The average Bonchev–Trinajstić information content (AvgIpc) is 2.96. The summed E-state index contributed by atoms with van der Waals surface area (Å²) < 4.78 is 12.6. The van der Waals surface area contributed by atoms with Crippen LogP contribution in [0, 0.1) is 22.7 Å². The van der Waals surface area contributed by atoms with E-state index < -0.39 is 0 Å². The van der Waals surface area contributed by atoms with Crippen LogP contribution in [0.2, 0.25) is 0 Å². The molecule has 2 saturated carbocycles. The Morgan fingerprint density at radius 3 is 2.67 bits per heavy atom. The van der Waals surface area contributed by atoms with E-state index in [9.17, 15) is 0 Å². The fourth-order valence-electron chi connectivity index (χ4n) is 5.58. The van der Waals surface area contributed by atoms with Gasteiger partial charge in [-0.3, -0.25) is 0 Å². The van der Waals surface area contributed by atoms with Crippen LogP contribution in [0.25, 0.3) is 0 Å². The summed E-state index contributed by atoms with van der Waals surface area (Å²) in [7, 11) is 0. The molecule has 3 fully saturated rings. The van der Waals surface area contributed by atoms with Gasteiger partial charge < -0.3 is 9.47 Å². The van der Waals surface area contributed by atoms with Gasteiger partial charge in [-0.2, -0.15) is 0 Å². The Morgan fingerprint density at radius 1 is 1.24 bits per heavy atom. The Labute approximate surface area is 131 Å². The molecule has 1 saturated heterocycles. The second kappa shape index (κ2) is 5.53. The summed E-state index contributed by atoms with van der Waals surface area (Å²) in [6.45, 7) is 11.9. The van der Waals surface area contributed by atoms with Crippen molar-refractivity contribution >= 4 is 0 Å². The van der Waals surface area contributed by atoms with Crippen molar-refractivity contribution in [3.05, 3.63) is 0 Å². The molecule has 2 aliphatic carbocycles. The maximum atomic E-state index is 6.41. The molecule has 0 unspecified atom stereocenters. The van der Waals surface area contributed by atoms with Crippen LogP contribution in [-0.4, -0.2) is 18.5 Å². The lowest BCUT2D eigenvalue weighted by molar-refractivity contribution is -0.183. The Balaban J connectivity index is 1.56. The predicted octanol–water partition coefficient (Wildman–Crippen LogP) is 5.16. The van der Waals surface area contributed by atoms with E-state index in [1.165, 1.54) is 38.5 Å². The Bertz CT molecular complexity index is 378. The minimum absolute atomic E-state index is 0.0626. The molecule has 2 heteroatoms. The van der Waals surface area contributed by atoms with Gasteiger partial charge in [0.05, 0.1) is 12.2 Å². The number of rotatable bonds is 6. The van der Waals surface area contributed by atoms with Crippen molar-refractivity contribution in [2.24, 2.45) is 22.7 Å². The molecule has 3 aliphatic rings. The van der Waals surface area contributed by atoms with Gasteiger partial charge in [0.15, 0.2) is 6.29 Å². The van der Waals surface area contributed by atoms with Crippen LogP contribution in [0.1, 0.15) is 79.6 Å². The summed E-state index contributed by atoms with van der Waals surface area (Å²) in [4.78, 5) is 0. The van der Waals surface area contributed by atoms with E-state index in [0.29, 0.717) is 23.0 Å². The fourth-order valence-corrected chi connectivity index (χ4v) is 5.58. The van der Waals surface area contributed by atoms with Crippen molar-refractivity contribution in [1.29, 1.82) is 0 Å². The molecule has 0 aromatic rings. The lowest BCUT2D eigenvalue weighted by Crippen LogP contribution is -2.38. The van der Waals surface area contributed by atoms with Gasteiger partial charge in [0, 0.05) is 6.42 Å². The van der Waals surface area contributed by atoms with Crippen LogP contribution in [0.15, 0.2) is 0 Å². The van der Waals surface area contributed by atoms with E-state index in [1.807, 2.05) is 0 Å². The summed E-state index contributed by atoms with van der Waals surface area (Å²) >= 11 is 0. The van der Waals surface area contributed by atoms with Crippen LogP contribution in [-0.2, 0) is 9.47 Å². The molecule has 21 heavy (non-hydrogen) atoms. The Kier molecular flexibility index (Phi) is 4.16. The average molecular weight is 294 g/mol. The molecule has 0 spiro atoms. The Morgan fingerprint density at radius 2 is 2.00 bits per heavy atom. The van der Waals surface area contributed by atoms with Gasteiger partial charge in [-0.15, -0.1) is 0 Å². The van der Waals surface area contributed by atoms with Gasteiger partial charge in [0.2, 0.25) is 0 Å². The number of fused-ring (bicyclic) bond motifs is 5. The maximum Gasteiger partial charge on any atom is 0.158 e. The first kappa shape index (κ1) is 15.8. The molecule has 0 radical (unpaired) electrons. The van der Waals surface area contributed by atoms with Gasteiger partial charge >= 0.3 is 0 Å². The van der Waals surface area contributed by atoms with E-state index >= 15 is 0 Å². The molecular weight excluding hydrogens is 260 g/mol. The molecule has 2 bridgehead atoms. The van der Waals surface area contributed by atoms with Crippen molar-refractivity contribution in [2.45, 2.75) is 98.1 Å². The second-order valence-corrected chi connectivity index (χ2v) is 8.61. The molecular formula is C19H34O2. The number of unbranched alkanes of at least 4 members (excludes halogenated alkanes) is 2. The molecule has 1 aliphatic heterocycles. The molecule has 1 heterocycles. The Hall–Kier alpha value is -0.0800. The van der Waals surface area contributed by atoms with Gasteiger partial charge in [0.25, 0.3) is 0 Å². The summed E-state index contributed by atoms with van der Waals surface area (Å²) in [5.74, 6) is 1.59. The van der Waals surface area contributed by atoms with Crippen LogP contribution >= 0.6 is 0 Å². The summed E-state index contributed by atoms with van der Waals surface area (Å²) in [5, 5.41) is 0. The normalized spacial score (nSPS) is 45.0. The van der Waals surface area contributed by atoms with Gasteiger partial charge in [-0.1, -0.05) is 47.0 Å². The van der Waals surface area contributed by atoms with Crippen molar-refractivity contribution in [3.63, 3.8) is 0 Å². The van der Waals surface area contributed by atoms with Crippen LogP contribution < -0.4 is 0 Å². The van der Waals surface area contributed by atoms with Crippen molar-refractivity contribution in [2.75, 3.05) is 0 Å². The largest absolute Gasteiger partial charge is 0.350 e. The molecule has 0 aromatic heterocycles. The quantitative estimate of drug-likeness (QED) is 0.630. The molecule has 2 nitrogen and oxygen atoms in total. The topological polar surface area (TPSA) is 18.5 Å². The highest BCUT2D eigenvalue weighted by Crippen LogP contribution is 2.71. The number of ether oxygens (including phenoxy) is 2. The van der Waals surface area contributed by atoms with Gasteiger partial charge in [-0.05, 0) is 48.9 Å². The third-order valence-corrected chi connectivity index (χ3v) is 7.27. The zero-order chi connectivity index (χ0) is 15.3. The summed E-state index contributed by atoms with van der Waals surface area (Å²) in [6.07, 6.45) is 9.78.